The van der Waals surface area contributed by atoms with Gasteiger partial charge in [-0.15, -0.1) is 4.73 Å². The van der Waals surface area contributed by atoms with Gasteiger partial charge in [0.1, 0.15) is 5.75 Å². The van der Waals surface area contributed by atoms with E-state index in [0.29, 0.717) is 27.8 Å². The summed E-state index contributed by atoms with van der Waals surface area (Å²) in [5.74, 6) is 0.103. The Morgan fingerprint density at radius 2 is 1.92 bits per heavy atom. The maximum absolute atomic E-state index is 12.1. The van der Waals surface area contributed by atoms with Crippen LogP contribution in [0.3, 0.4) is 0 Å². The second-order valence-corrected chi connectivity index (χ2v) is 5.14. The van der Waals surface area contributed by atoms with Crippen molar-refractivity contribution in [2.24, 2.45) is 5.10 Å². The van der Waals surface area contributed by atoms with Crippen molar-refractivity contribution in [3.8, 4) is 5.75 Å². The zero-order chi connectivity index (χ0) is 17.1. The van der Waals surface area contributed by atoms with Gasteiger partial charge in [-0.3, -0.25) is 4.79 Å². The number of hydrazone groups is 1. The van der Waals surface area contributed by atoms with Crippen LogP contribution in [0, 0.1) is 0 Å². The monoisotopic (exact) mass is 324 g/mol. The minimum Gasteiger partial charge on any atom is -0.508 e. The van der Waals surface area contributed by atoms with E-state index in [0.717, 1.165) is 5.56 Å². The van der Waals surface area contributed by atoms with Crippen LogP contribution in [-0.4, -0.2) is 25.7 Å². The summed E-state index contributed by atoms with van der Waals surface area (Å²) in [4.78, 5) is 16.3. The highest BCUT2D eigenvalue weighted by molar-refractivity contribution is 6.00. The van der Waals surface area contributed by atoms with Crippen LogP contribution < -0.4 is 11.0 Å². The van der Waals surface area contributed by atoms with Crippen LogP contribution in [0.4, 0.5) is 5.95 Å². The van der Waals surface area contributed by atoms with Gasteiger partial charge in [-0.1, -0.05) is 19.1 Å². The van der Waals surface area contributed by atoms with Crippen molar-refractivity contribution in [2.45, 2.75) is 13.3 Å². The molecule has 0 bridgehead atoms. The molecule has 3 rings (SSSR count). The molecule has 0 unspecified atom stereocenters. The lowest BCUT2D eigenvalue weighted by molar-refractivity contribution is 0.179. The van der Waals surface area contributed by atoms with Crippen LogP contribution in [0.1, 0.15) is 18.9 Å². The molecule has 122 valence electrons. The highest BCUT2D eigenvalue weighted by atomic mass is 16.5. The number of phenols is 1. The van der Waals surface area contributed by atoms with Gasteiger partial charge in [-0.25, -0.2) is 10.4 Å². The molecular formula is C17H16N4O3. The van der Waals surface area contributed by atoms with E-state index in [-0.39, 0.29) is 11.7 Å². The summed E-state index contributed by atoms with van der Waals surface area (Å²) in [6, 6.07) is 13.4. The van der Waals surface area contributed by atoms with E-state index in [9.17, 15) is 15.1 Å². The molecule has 24 heavy (non-hydrogen) atoms. The van der Waals surface area contributed by atoms with E-state index < -0.39 is 5.56 Å². The second-order valence-electron chi connectivity index (χ2n) is 5.14. The molecule has 1 heterocycles. The molecule has 0 spiro atoms. The van der Waals surface area contributed by atoms with Gasteiger partial charge in [-0.05, 0) is 48.4 Å². The molecule has 0 saturated carbocycles. The fourth-order valence-electron chi connectivity index (χ4n) is 2.32. The SMILES string of the molecule is CC/C(=N\Nc1nc2ccccc2c(=O)n1O)c1ccc(O)cc1. The molecule has 3 N–H and O–H groups in total. The van der Waals surface area contributed by atoms with Gasteiger partial charge >= 0.3 is 0 Å². The van der Waals surface area contributed by atoms with Crippen LogP contribution in [0.25, 0.3) is 10.9 Å². The topological polar surface area (TPSA) is 99.7 Å². The lowest BCUT2D eigenvalue weighted by Crippen LogP contribution is -2.22. The van der Waals surface area contributed by atoms with Crippen molar-refractivity contribution in [2.75, 3.05) is 5.43 Å². The van der Waals surface area contributed by atoms with Gasteiger partial charge in [-0.2, -0.15) is 5.10 Å². The Morgan fingerprint density at radius 3 is 2.62 bits per heavy atom. The van der Waals surface area contributed by atoms with Gasteiger partial charge in [0.2, 0.25) is 0 Å². The summed E-state index contributed by atoms with van der Waals surface area (Å²) in [6.45, 7) is 1.92. The number of rotatable bonds is 4. The number of benzene rings is 2. The molecule has 7 heteroatoms. The minimum atomic E-state index is -0.569. The molecule has 3 aromatic rings. The first-order chi connectivity index (χ1) is 11.6. The van der Waals surface area contributed by atoms with E-state index in [1.54, 1.807) is 48.5 Å². The Morgan fingerprint density at radius 1 is 1.21 bits per heavy atom. The first-order valence-electron chi connectivity index (χ1n) is 7.43. The predicted molar refractivity (Wildman–Crippen MR) is 91.7 cm³/mol. The number of aromatic hydroxyl groups is 1. The molecule has 7 nitrogen and oxygen atoms in total. The van der Waals surface area contributed by atoms with Crippen molar-refractivity contribution in [3.05, 3.63) is 64.4 Å². The molecule has 0 aliphatic rings. The van der Waals surface area contributed by atoms with Crippen LogP contribution in [0.15, 0.2) is 58.4 Å². The zero-order valence-corrected chi connectivity index (χ0v) is 13.0. The van der Waals surface area contributed by atoms with Crippen molar-refractivity contribution >= 4 is 22.6 Å². The number of nitrogens with one attached hydrogen (secondary N) is 1. The largest absolute Gasteiger partial charge is 0.508 e. The molecular weight excluding hydrogens is 308 g/mol. The average molecular weight is 324 g/mol. The maximum atomic E-state index is 12.1. The predicted octanol–water partition coefficient (Wildman–Crippen LogP) is 2.57. The average Bonchev–Trinajstić information content (AvgIpc) is 2.61. The zero-order valence-electron chi connectivity index (χ0n) is 13.0. The molecule has 0 amide bonds. The first kappa shape index (κ1) is 15.5. The lowest BCUT2D eigenvalue weighted by Gasteiger charge is -2.08. The van der Waals surface area contributed by atoms with E-state index in [1.807, 2.05) is 6.92 Å². The normalized spacial score (nSPS) is 11.6. The summed E-state index contributed by atoms with van der Waals surface area (Å²) in [5.41, 5.74) is 4.04. The third-order valence-corrected chi connectivity index (χ3v) is 3.58. The Bertz CT molecular complexity index is 962. The third kappa shape index (κ3) is 2.91. The smallest absolute Gasteiger partial charge is 0.295 e. The summed E-state index contributed by atoms with van der Waals surface area (Å²) in [5, 5.41) is 23.9. The van der Waals surface area contributed by atoms with Crippen molar-refractivity contribution in [3.63, 3.8) is 0 Å². The second kappa shape index (κ2) is 6.41. The number of para-hydroxylation sites is 1. The highest BCUT2D eigenvalue weighted by Crippen LogP contribution is 2.13. The van der Waals surface area contributed by atoms with Crippen LogP contribution in [0.2, 0.25) is 0 Å². The number of hydrogen-bond donors (Lipinski definition) is 3. The van der Waals surface area contributed by atoms with Crippen molar-refractivity contribution in [1.29, 1.82) is 0 Å². The standard InChI is InChI=1S/C17H16N4O3/c1-2-14(11-7-9-12(22)10-8-11)19-20-17-18-15-6-4-3-5-13(15)16(23)21(17)24/h3-10,22,24H,2H2,1H3,(H,18,20)/b19-14+. The van der Waals surface area contributed by atoms with Crippen molar-refractivity contribution in [1.82, 2.24) is 9.71 Å². The number of aromatic nitrogens is 2. The minimum absolute atomic E-state index is 0.0663. The summed E-state index contributed by atoms with van der Waals surface area (Å²) >= 11 is 0. The molecule has 0 aliphatic heterocycles. The first-order valence-corrected chi connectivity index (χ1v) is 7.43. The molecule has 2 aromatic carbocycles. The fraction of sp³-hybridized carbons (Fsp3) is 0.118. The third-order valence-electron chi connectivity index (χ3n) is 3.58. The Hall–Kier alpha value is -3.35. The summed E-state index contributed by atoms with van der Waals surface area (Å²) in [6.07, 6.45) is 0.612. The number of anilines is 1. The Kier molecular flexibility index (Phi) is 4.15. The van der Waals surface area contributed by atoms with E-state index in [1.165, 1.54) is 0 Å². The molecule has 0 atom stereocenters. The molecule has 0 saturated heterocycles. The van der Waals surface area contributed by atoms with E-state index >= 15 is 0 Å². The lowest BCUT2D eigenvalue weighted by atomic mass is 10.1. The molecule has 0 fully saturated rings. The van der Waals surface area contributed by atoms with Gasteiger partial charge < -0.3 is 10.3 Å². The van der Waals surface area contributed by atoms with Crippen LogP contribution in [-0.2, 0) is 0 Å². The maximum Gasteiger partial charge on any atom is 0.295 e. The van der Waals surface area contributed by atoms with Crippen molar-refractivity contribution < 1.29 is 10.3 Å². The summed E-state index contributed by atoms with van der Waals surface area (Å²) < 4.78 is 0.440. The Balaban J connectivity index is 1.98. The fourth-order valence-corrected chi connectivity index (χ4v) is 2.32. The number of fused-ring (bicyclic) bond motifs is 1. The van der Waals surface area contributed by atoms with Crippen LogP contribution in [0.5, 0.6) is 5.75 Å². The van der Waals surface area contributed by atoms with E-state index in [2.05, 4.69) is 15.5 Å². The molecule has 0 aliphatic carbocycles. The van der Waals surface area contributed by atoms with Gasteiger partial charge in [0, 0.05) is 0 Å². The Labute approximate surface area is 137 Å². The van der Waals surface area contributed by atoms with Crippen LogP contribution >= 0.6 is 0 Å². The highest BCUT2D eigenvalue weighted by Gasteiger charge is 2.09. The van der Waals surface area contributed by atoms with Gasteiger partial charge in [0.05, 0.1) is 16.6 Å². The quantitative estimate of drug-likeness (QED) is 0.389. The van der Waals surface area contributed by atoms with E-state index in [4.69, 9.17) is 0 Å². The molecule has 1 aromatic heterocycles. The summed E-state index contributed by atoms with van der Waals surface area (Å²) in [7, 11) is 0. The van der Waals surface area contributed by atoms with Gasteiger partial charge in [0.15, 0.2) is 0 Å². The number of hydrogen-bond acceptors (Lipinski definition) is 6. The molecule has 0 radical (unpaired) electrons. The number of phenolic OH excluding ortho intramolecular Hbond substituents is 1. The van der Waals surface area contributed by atoms with Gasteiger partial charge in [0.25, 0.3) is 11.5 Å². The number of nitrogens with zero attached hydrogens (tertiary/aromatic N) is 3.